The van der Waals surface area contributed by atoms with Crippen LogP contribution in [0.1, 0.15) is 24.1 Å². The SMILES string of the molecule is CO[C@H]1CNC[C@@H]1Nc1nc(N(C)C)nc2c1CCCC2.Cl.Cl. The molecule has 0 radical (unpaired) electrons. The summed E-state index contributed by atoms with van der Waals surface area (Å²) >= 11 is 0. The topological polar surface area (TPSA) is 62.3 Å². The molecular formula is C15H27Cl2N5O. The van der Waals surface area contributed by atoms with E-state index in [1.54, 1.807) is 7.11 Å². The molecule has 2 atom stereocenters. The molecule has 1 aromatic rings. The van der Waals surface area contributed by atoms with Gasteiger partial charge in [-0.15, -0.1) is 24.8 Å². The molecule has 6 nitrogen and oxygen atoms in total. The van der Waals surface area contributed by atoms with Crippen molar-refractivity contribution in [1.82, 2.24) is 15.3 Å². The lowest BCUT2D eigenvalue weighted by Crippen LogP contribution is -2.35. The van der Waals surface area contributed by atoms with Gasteiger partial charge < -0.3 is 20.3 Å². The average Bonchev–Trinajstić information content (AvgIpc) is 2.94. The van der Waals surface area contributed by atoms with E-state index in [0.29, 0.717) is 0 Å². The van der Waals surface area contributed by atoms with E-state index in [4.69, 9.17) is 14.7 Å². The number of aromatic nitrogens is 2. The van der Waals surface area contributed by atoms with E-state index in [1.165, 1.54) is 24.1 Å². The summed E-state index contributed by atoms with van der Waals surface area (Å²) in [7, 11) is 5.75. The quantitative estimate of drug-likeness (QED) is 0.848. The number of fused-ring (bicyclic) bond motifs is 1. The molecule has 0 amide bonds. The average molecular weight is 364 g/mol. The molecule has 0 saturated carbocycles. The van der Waals surface area contributed by atoms with E-state index >= 15 is 0 Å². The maximum absolute atomic E-state index is 5.54. The predicted molar refractivity (Wildman–Crippen MR) is 98.6 cm³/mol. The lowest BCUT2D eigenvalue weighted by Gasteiger charge is -2.25. The van der Waals surface area contributed by atoms with Gasteiger partial charge in [-0.3, -0.25) is 0 Å². The Kier molecular flexibility index (Phi) is 7.80. The zero-order valence-corrected chi connectivity index (χ0v) is 15.6. The highest BCUT2D eigenvalue weighted by atomic mass is 35.5. The van der Waals surface area contributed by atoms with Crippen molar-refractivity contribution in [3.8, 4) is 0 Å². The van der Waals surface area contributed by atoms with Gasteiger partial charge in [0.15, 0.2) is 0 Å². The molecule has 23 heavy (non-hydrogen) atoms. The van der Waals surface area contributed by atoms with Crippen molar-refractivity contribution < 1.29 is 4.74 Å². The van der Waals surface area contributed by atoms with Gasteiger partial charge in [0.2, 0.25) is 5.95 Å². The van der Waals surface area contributed by atoms with Gasteiger partial charge in [-0.05, 0) is 25.7 Å². The minimum Gasteiger partial charge on any atom is -0.378 e. The van der Waals surface area contributed by atoms with E-state index in [0.717, 1.165) is 37.7 Å². The van der Waals surface area contributed by atoms with Gasteiger partial charge in [-0.25, -0.2) is 4.98 Å². The fourth-order valence-electron chi connectivity index (χ4n) is 3.12. The van der Waals surface area contributed by atoms with E-state index in [-0.39, 0.29) is 37.0 Å². The Balaban J connectivity index is 0.00000132. The second kappa shape index (κ2) is 8.87. The number of halogens is 2. The summed E-state index contributed by atoms with van der Waals surface area (Å²) in [5, 5.41) is 6.97. The molecule has 0 aromatic carbocycles. The van der Waals surface area contributed by atoms with Crippen LogP contribution in [-0.4, -0.2) is 56.4 Å². The van der Waals surface area contributed by atoms with Crippen LogP contribution in [0.5, 0.6) is 0 Å². The second-order valence-corrected chi connectivity index (χ2v) is 6.08. The first kappa shape index (κ1) is 20.2. The highest BCUT2D eigenvalue weighted by Gasteiger charge is 2.29. The number of nitrogens with one attached hydrogen (secondary N) is 2. The number of rotatable bonds is 4. The minimum absolute atomic E-state index is 0. The van der Waals surface area contributed by atoms with E-state index in [9.17, 15) is 0 Å². The highest BCUT2D eigenvalue weighted by Crippen LogP contribution is 2.28. The molecule has 1 saturated heterocycles. The number of methoxy groups -OCH3 is 1. The molecule has 1 aliphatic carbocycles. The van der Waals surface area contributed by atoms with E-state index in [1.807, 2.05) is 19.0 Å². The molecule has 1 aromatic heterocycles. The normalized spacial score (nSPS) is 22.6. The highest BCUT2D eigenvalue weighted by molar-refractivity contribution is 5.85. The summed E-state index contributed by atoms with van der Waals surface area (Å²) in [6.45, 7) is 1.80. The molecule has 1 aliphatic heterocycles. The van der Waals surface area contributed by atoms with Gasteiger partial charge in [-0.1, -0.05) is 0 Å². The lowest BCUT2D eigenvalue weighted by atomic mass is 9.96. The van der Waals surface area contributed by atoms with Crippen LogP contribution in [0.3, 0.4) is 0 Å². The molecule has 2 heterocycles. The Hall–Kier alpha value is -0.820. The van der Waals surface area contributed by atoms with Crippen LogP contribution in [0.4, 0.5) is 11.8 Å². The van der Waals surface area contributed by atoms with Crippen molar-refractivity contribution in [1.29, 1.82) is 0 Å². The smallest absolute Gasteiger partial charge is 0.227 e. The molecule has 0 bridgehead atoms. The second-order valence-electron chi connectivity index (χ2n) is 6.08. The number of ether oxygens (including phenoxy) is 1. The summed E-state index contributed by atoms with van der Waals surface area (Å²) in [5.74, 6) is 1.79. The summed E-state index contributed by atoms with van der Waals surface area (Å²) in [5.41, 5.74) is 2.51. The summed E-state index contributed by atoms with van der Waals surface area (Å²) in [6.07, 6.45) is 4.78. The van der Waals surface area contributed by atoms with Gasteiger partial charge in [0.25, 0.3) is 0 Å². The van der Waals surface area contributed by atoms with Crippen LogP contribution < -0.4 is 15.5 Å². The van der Waals surface area contributed by atoms with Crippen LogP contribution in [-0.2, 0) is 17.6 Å². The van der Waals surface area contributed by atoms with Crippen molar-refractivity contribution in [2.75, 3.05) is 44.5 Å². The molecule has 0 unspecified atom stereocenters. The van der Waals surface area contributed by atoms with Gasteiger partial charge in [0, 0.05) is 39.9 Å². The van der Waals surface area contributed by atoms with Gasteiger partial charge in [0.1, 0.15) is 5.82 Å². The maximum atomic E-state index is 5.54. The third kappa shape index (κ3) is 4.38. The maximum Gasteiger partial charge on any atom is 0.227 e. The zero-order valence-electron chi connectivity index (χ0n) is 14.0. The predicted octanol–water partition coefficient (Wildman–Crippen LogP) is 1.66. The Bertz CT molecular complexity index is 515. The third-order valence-corrected chi connectivity index (χ3v) is 4.35. The van der Waals surface area contributed by atoms with Crippen molar-refractivity contribution in [3.63, 3.8) is 0 Å². The fourth-order valence-corrected chi connectivity index (χ4v) is 3.12. The number of hydrogen-bond donors (Lipinski definition) is 2. The summed E-state index contributed by atoms with van der Waals surface area (Å²) < 4.78 is 5.54. The summed E-state index contributed by atoms with van der Waals surface area (Å²) in [4.78, 5) is 11.4. The Morgan fingerprint density at radius 3 is 2.57 bits per heavy atom. The van der Waals surface area contributed by atoms with Crippen molar-refractivity contribution in [2.45, 2.75) is 37.8 Å². The number of nitrogens with zero attached hydrogens (tertiary/aromatic N) is 3. The Labute approximate surface area is 150 Å². The van der Waals surface area contributed by atoms with Crippen LogP contribution in [0, 0.1) is 0 Å². The van der Waals surface area contributed by atoms with E-state index < -0.39 is 0 Å². The standard InChI is InChI=1S/C15H25N5O.2ClH/c1-20(2)15-18-11-7-5-4-6-10(11)14(19-15)17-12-8-16-9-13(12)21-3;;/h12-13,16H,4-9H2,1-3H3,(H,17,18,19);2*1H/t12-,13-;;/m0../s1. The van der Waals surface area contributed by atoms with Gasteiger partial charge in [0.05, 0.1) is 17.8 Å². The Morgan fingerprint density at radius 1 is 1.13 bits per heavy atom. The van der Waals surface area contributed by atoms with E-state index in [2.05, 4.69) is 10.6 Å². The molecule has 2 N–H and O–H groups in total. The van der Waals surface area contributed by atoms with Crippen molar-refractivity contribution in [3.05, 3.63) is 11.3 Å². The first-order valence-corrected chi connectivity index (χ1v) is 7.76. The van der Waals surface area contributed by atoms with Crippen molar-refractivity contribution in [2.24, 2.45) is 0 Å². The van der Waals surface area contributed by atoms with Crippen LogP contribution in [0.2, 0.25) is 0 Å². The first-order valence-electron chi connectivity index (χ1n) is 7.76. The number of anilines is 2. The monoisotopic (exact) mass is 363 g/mol. The van der Waals surface area contributed by atoms with Gasteiger partial charge in [-0.2, -0.15) is 4.98 Å². The van der Waals surface area contributed by atoms with Crippen LogP contribution in [0.15, 0.2) is 0 Å². The molecule has 0 spiro atoms. The molecule has 8 heteroatoms. The molecule has 132 valence electrons. The van der Waals surface area contributed by atoms with Gasteiger partial charge >= 0.3 is 0 Å². The molecule has 1 fully saturated rings. The first-order chi connectivity index (χ1) is 10.2. The largest absolute Gasteiger partial charge is 0.378 e. The van der Waals surface area contributed by atoms with Crippen molar-refractivity contribution >= 4 is 36.6 Å². The number of hydrogen-bond acceptors (Lipinski definition) is 6. The van der Waals surface area contributed by atoms with Crippen LogP contribution in [0.25, 0.3) is 0 Å². The zero-order chi connectivity index (χ0) is 14.8. The fraction of sp³-hybridized carbons (Fsp3) is 0.733. The number of aryl methyl sites for hydroxylation is 1. The molecule has 3 rings (SSSR count). The summed E-state index contributed by atoms with van der Waals surface area (Å²) in [6, 6.07) is 0.269. The Morgan fingerprint density at radius 2 is 1.87 bits per heavy atom. The lowest BCUT2D eigenvalue weighted by molar-refractivity contribution is 0.111. The molecule has 2 aliphatic rings. The van der Waals surface area contributed by atoms with Crippen LogP contribution >= 0.6 is 24.8 Å². The minimum atomic E-state index is 0. The molecular weight excluding hydrogens is 337 g/mol. The third-order valence-electron chi connectivity index (χ3n) is 4.35.